The van der Waals surface area contributed by atoms with Crippen LogP contribution in [0.2, 0.25) is 0 Å². The molecule has 0 atom stereocenters. The van der Waals surface area contributed by atoms with E-state index in [9.17, 15) is 0 Å². The highest BCUT2D eigenvalue weighted by Gasteiger charge is 2.41. The van der Waals surface area contributed by atoms with Gasteiger partial charge >= 0.3 is 0 Å². The quantitative estimate of drug-likeness (QED) is 0.815. The standard InChI is InChI=1S/C18H30N4/c1-3-5-16-12-20-22(13-16)17-6-10-21(11-7-17)14-18(15(2)19)8-4-9-18/h12-13,17,19H,3-11,14H2,1-2H3. The second kappa shape index (κ2) is 6.53. The number of nitrogens with zero attached hydrogens (tertiary/aromatic N) is 3. The predicted octanol–water partition coefficient (Wildman–Crippen LogP) is 3.68. The van der Waals surface area contributed by atoms with Crippen LogP contribution in [-0.2, 0) is 6.42 Å². The molecule has 1 saturated carbocycles. The molecule has 122 valence electrons. The number of aromatic nitrogens is 2. The molecule has 2 heterocycles. The Morgan fingerprint density at radius 3 is 2.64 bits per heavy atom. The lowest BCUT2D eigenvalue weighted by Gasteiger charge is -2.46. The smallest absolute Gasteiger partial charge is 0.0543 e. The first-order valence-electron chi connectivity index (χ1n) is 8.94. The summed E-state index contributed by atoms with van der Waals surface area (Å²) in [7, 11) is 0. The number of hydrogen-bond donors (Lipinski definition) is 1. The molecule has 1 aliphatic heterocycles. The third kappa shape index (κ3) is 3.12. The summed E-state index contributed by atoms with van der Waals surface area (Å²) >= 11 is 0. The van der Waals surface area contributed by atoms with Gasteiger partial charge in [-0.1, -0.05) is 19.8 Å². The first-order chi connectivity index (χ1) is 10.6. The van der Waals surface area contributed by atoms with E-state index in [4.69, 9.17) is 5.41 Å². The summed E-state index contributed by atoms with van der Waals surface area (Å²) in [6.07, 6.45) is 12.8. The minimum atomic E-state index is 0.215. The topological polar surface area (TPSA) is 44.9 Å². The number of likely N-dealkylation sites (tertiary alicyclic amines) is 1. The molecule has 22 heavy (non-hydrogen) atoms. The minimum absolute atomic E-state index is 0.215. The van der Waals surface area contributed by atoms with Gasteiger partial charge in [-0.2, -0.15) is 5.10 Å². The third-order valence-electron chi connectivity index (χ3n) is 5.76. The monoisotopic (exact) mass is 302 g/mol. The van der Waals surface area contributed by atoms with Crippen LogP contribution < -0.4 is 0 Å². The van der Waals surface area contributed by atoms with Crippen molar-refractivity contribution in [3.8, 4) is 0 Å². The summed E-state index contributed by atoms with van der Waals surface area (Å²) in [6.45, 7) is 7.64. The van der Waals surface area contributed by atoms with Gasteiger partial charge in [-0.15, -0.1) is 0 Å². The molecular formula is C18H30N4. The molecule has 4 heteroatoms. The molecule has 0 spiro atoms. The molecule has 0 amide bonds. The molecular weight excluding hydrogens is 272 g/mol. The molecule has 2 aliphatic rings. The van der Waals surface area contributed by atoms with Crippen molar-refractivity contribution < 1.29 is 0 Å². The van der Waals surface area contributed by atoms with Crippen LogP contribution in [0.5, 0.6) is 0 Å². The fourth-order valence-electron chi connectivity index (χ4n) is 4.02. The van der Waals surface area contributed by atoms with Crippen molar-refractivity contribution in [1.29, 1.82) is 5.41 Å². The van der Waals surface area contributed by atoms with Crippen LogP contribution in [0, 0.1) is 10.8 Å². The fraction of sp³-hybridized carbons (Fsp3) is 0.778. The Morgan fingerprint density at radius 2 is 2.09 bits per heavy atom. The number of hydrogen-bond acceptors (Lipinski definition) is 3. The number of nitrogens with one attached hydrogen (secondary N) is 1. The molecule has 0 aromatic carbocycles. The maximum absolute atomic E-state index is 8.09. The van der Waals surface area contributed by atoms with E-state index < -0.39 is 0 Å². The van der Waals surface area contributed by atoms with Crippen molar-refractivity contribution in [3.63, 3.8) is 0 Å². The first-order valence-corrected chi connectivity index (χ1v) is 8.94. The van der Waals surface area contributed by atoms with E-state index in [2.05, 4.69) is 27.8 Å². The first kappa shape index (κ1) is 15.7. The van der Waals surface area contributed by atoms with Gasteiger partial charge in [0.15, 0.2) is 0 Å². The maximum Gasteiger partial charge on any atom is 0.0543 e. The van der Waals surface area contributed by atoms with Crippen LogP contribution in [0.25, 0.3) is 0 Å². The van der Waals surface area contributed by atoms with Gasteiger partial charge in [-0.25, -0.2) is 0 Å². The van der Waals surface area contributed by atoms with Crippen molar-refractivity contribution >= 4 is 5.71 Å². The molecule has 0 radical (unpaired) electrons. The van der Waals surface area contributed by atoms with E-state index in [-0.39, 0.29) is 5.41 Å². The molecule has 0 unspecified atom stereocenters. The Morgan fingerprint density at radius 1 is 1.36 bits per heavy atom. The summed E-state index contributed by atoms with van der Waals surface area (Å²) in [5.41, 5.74) is 2.49. The summed E-state index contributed by atoms with van der Waals surface area (Å²) in [6, 6.07) is 0.570. The van der Waals surface area contributed by atoms with Crippen molar-refractivity contribution in [1.82, 2.24) is 14.7 Å². The van der Waals surface area contributed by atoms with Crippen LogP contribution in [0.3, 0.4) is 0 Å². The zero-order valence-corrected chi connectivity index (χ0v) is 14.1. The Balaban J connectivity index is 1.52. The number of rotatable bonds is 6. The van der Waals surface area contributed by atoms with E-state index in [1.54, 1.807) is 0 Å². The van der Waals surface area contributed by atoms with Crippen LogP contribution in [0.4, 0.5) is 0 Å². The Bertz CT molecular complexity index is 507. The summed E-state index contributed by atoms with van der Waals surface area (Å²) in [5.74, 6) is 0. The lowest BCUT2D eigenvalue weighted by molar-refractivity contribution is 0.0976. The van der Waals surface area contributed by atoms with Gasteiger partial charge in [0.2, 0.25) is 0 Å². The van der Waals surface area contributed by atoms with Crippen molar-refractivity contribution in [2.75, 3.05) is 19.6 Å². The van der Waals surface area contributed by atoms with Gasteiger partial charge in [-0.3, -0.25) is 4.68 Å². The van der Waals surface area contributed by atoms with E-state index in [0.717, 1.165) is 31.8 Å². The van der Waals surface area contributed by atoms with Crippen molar-refractivity contribution in [2.24, 2.45) is 5.41 Å². The van der Waals surface area contributed by atoms with Gasteiger partial charge in [0.05, 0.1) is 12.2 Å². The summed E-state index contributed by atoms with van der Waals surface area (Å²) in [4.78, 5) is 2.59. The molecule has 2 fully saturated rings. The average Bonchev–Trinajstić information content (AvgIpc) is 2.92. The van der Waals surface area contributed by atoms with E-state index in [1.807, 2.05) is 13.1 Å². The van der Waals surface area contributed by atoms with Gasteiger partial charge in [0, 0.05) is 37.0 Å². The Hall–Kier alpha value is -1.16. The van der Waals surface area contributed by atoms with E-state index in [1.165, 1.54) is 44.1 Å². The molecule has 1 N–H and O–H groups in total. The van der Waals surface area contributed by atoms with Gasteiger partial charge in [-0.05, 0) is 44.6 Å². The van der Waals surface area contributed by atoms with Crippen LogP contribution in [0.15, 0.2) is 12.4 Å². The van der Waals surface area contributed by atoms with Crippen LogP contribution in [0.1, 0.15) is 64.0 Å². The molecule has 1 saturated heterocycles. The van der Waals surface area contributed by atoms with Gasteiger partial charge in [0.25, 0.3) is 0 Å². The highest BCUT2D eigenvalue weighted by molar-refractivity contribution is 5.86. The molecule has 1 aromatic rings. The summed E-state index contributed by atoms with van der Waals surface area (Å²) < 4.78 is 2.20. The molecule has 4 nitrogen and oxygen atoms in total. The van der Waals surface area contributed by atoms with E-state index in [0.29, 0.717) is 6.04 Å². The van der Waals surface area contributed by atoms with E-state index >= 15 is 0 Å². The van der Waals surface area contributed by atoms with Gasteiger partial charge < -0.3 is 10.3 Å². The fourth-order valence-corrected chi connectivity index (χ4v) is 4.02. The van der Waals surface area contributed by atoms with Crippen molar-refractivity contribution in [3.05, 3.63) is 18.0 Å². The normalized spacial score (nSPS) is 22.5. The predicted molar refractivity (Wildman–Crippen MR) is 90.6 cm³/mol. The lowest BCUT2D eigenvalue weighted by Crippen LogP contribution is -2.48. The Kier molecular flexibility index (Phi) is 4.67. The van der Waals surface area contributed by atoms with Crippen LogP contribution in [-0.4, -0.2) is 40.0 Å². The average molecular weight is 302 g/mol. The Labute approximate surface area is 134 Å². The highest BCUT2D eigenvalue weighted by atomic mass is 15.3. The molecule has 0 bridgehead atoms. The second-order valence-electron chi connectivity index (χ2n) is 7.34. The highest BCUT2D eigenvalue weighted by Crippen LogP contribution is 2.43. The number of aryl methyl sites for hydroxylation is 1. The largest absolute Gasteiger partial charge is 0.309 e. The lowest BCUT2D eigenvalue weighted by atomic mass is 9.65. The zero-order valence-electron chi connectivity index (χ0n) is 14.1. The van der Waals surface area contributed by atoms with Gasteiger partial charge in [0.1, 0.15) is 0 Å². The van der Waals surface area contributed by atoms with Crippen molar-refractivity contribution in [2.45, 2.75) is 64.8 Å². The second-order valence-corrected chi connectivity index (χ2v) is 7.34. The minimum Gasteiger partial charge on any atom is -0.309 e. The van der Waals surface area contributed by atoms with Crippen LogP contribution >= 0.6 is 0 Å². The molecule has 1 aliphatic carbocycles. The number of piperidine rings is 1. The third-order valence-corrected chi connectivity index (χ3v) is 5.76. The molecule has 3 rings (SSSR count). The maximum atomic E-state index is 8.09. The SMILES string of the molecule is CCCc1cnn(C2CCN(CC3(C(C)=N)CCC3)CC2)c1. The zero-order chi connectivity index (χ0) is 15.6. The molecule has 1 aromatic heterocycles. The summed E-state index contributed by atoms with van der Waals surface area (Å²) in [5, 5.41) is 12.7.